The van der Waals surface area contributed by atoms with Crippen LogP contribution in [0.3, 0.4) is 0 Å². The van der Waals surface area contributed by atoms with Crippen molar-refractivity contribution in [2.75, 3.05) is 19.6 Å². The van der Waals surface area contributed by atoms with E-state index in [9.17, 15) is 21.6 Å². The van der Waals surface area contributed by atoms with Crippen LogP contribution >= 0.6 is 12.4 Å². The summed E-state index contributed by atoms with van der Waals surface area (Å²) in [7, 11) is -4.21. The van der Waals surface area contributed by atoms with E-state index in [4.69, 9.17) is 0 Å². The number of nitrogens with zero attached hydrogens (tertiary/aromatic N) is 1. The summed E-state index contributed by atoms with van der Waals surface area (Å²) in [6, 6.07) is 6.52. The molecular weight excluding hydrogens is 389 g/mol. The lowest BCUT2D eigenvalue weighted by atomic mass is 10.1. The summed E-state index contributed by atoms with van der Waals surface area (Å²) in [5.74, 6) is -2.43. The molecule has 0 amide bonds. The van der Waals surface area contributed by atoms with Gasteiger partial charge in [-0.25, -0.2) is 21.6 Å². The van der Waals surface area contributed by atoms with Crippen LogP contribution in [-0.2, 0) is 10.0 Å². The summed E-state index contributed by atoms with van der Waals surface area (Å²) in [5.41, 5.74) is 0.507. The first kappa shape index (κ1) is 20.7. The Kier molecular flexibility index (Phi) is 6.33. The first-order valence-corrected chi connectivity index (χ1v) is 9.18. The molecule has 1 saturated heterocycles. The van der Waals surface area contributed by atoms with Gasteiger partial charge >= 0.3 is 0 Å². The molecule has 1 fully saturated rings. The molecule has 9 heteroatoms. The maximum atomic E-state index is 14.2. The van der Waals surface area contributed by atoms with Gasteiger partial charge in [0.1, 0.15) is 22.3 Å². The van der Waals surface area contributed by atoms with Gasteiger partial charge in [0.05, 0.1) is 6.04 Å². The lowest BCUT2D eigenvalue weighted by molar-refractivity contribution is 0.270. The minimum Gasteiger partial charge on any atom is -0.313 e. The summed E-state index contributed by atoms with van der Waals surface area (Å²) < 4.78 is 68.3. The monoisotopic (exact) mass is 406 g/mol. The van der Waals surface area contributed by atoms with Gasteiger partial charge in [-0.1, -0.05) is 12.1 Å². The van der Waals surface area contributed by atoms with E-state index in [1.165, 1.54) is 25.1 Å². The lowest BCUT2D eigenvalue weighted by Crippen LogP contribution is -2.48. The van der Waals surface area contributed by atoms with E-state index in [-0.39, 0.29) is 31.1 Å². The number of nitrogens with one attached hydrogen (secondary N) is 1. The number of halogens is 4. The van der Waals surface area contributed by atoms with Crippen LogP contribution in [0.25, 0.3) is 0 Å². The third-order valence-corrected chi connectivity index (χ3v) is 6.15. The Morgan fingerprint density at radius 1 is 1.12 bits per heavy atom. The molecule has 2 aromatic carbocycles. The average molecular weight is 407 g/mol. The predicted molar refractivity (Wildman–Crippen MR) is 94.2 cm³/mol. The summed E-state index contributed by atoms with van der Waals surface area (Å²) in [4.78, 5) is -0.574. The van der Waals surface area contributed by atoms with Crippen molar-refractivity contribution in [1.82, 2.24) is 9.62 Å². The third-order valence-electron chi connectivity index (χ3n) is 4.23. The highest BCUT2D eigenvalue weighted by atomic mass is 35.5. The van der Waals surface area contributed by atoms with Crippen molar-refractivity contribution < 1.29 is 21.6 Å². The molecule has 4 nitrogen and oxygen atoms in total. The summed E-state index contributed by atoms with van der Waals surface area (Å²) in [6.07, 6.45) is 0. The molecule has 1 aliphatic rings. The second-order valence-electron chi connectivity index (χ2n) is 5.92. The zero-order valence-electron chi connectivity index (χ0n) is 13.9. The van der Waals surface area contributed by atoms with Gasteiger partial charge in [0, 0.05) is 25.7 Å². The van der Waals surface area contributed by atoms with Gasteiger partial charge < -0.3 is 5.32 Å². The summed E-state index contributed by atoms with van der Waals surface area (Å²) in [6.45, 7) is 2.12. The van der Waals surface area contributed by atoms with Gasteiger partial charge in [0.2, 0.25) is 10.0 Å². The van der Waals surface area contributed by atoms with Crippen LogP contribution < -0.4 is 5.32 Å². The standard InChI is InChI=1S/C17H17F3N2O2S.ClH/c1-11-7-17(15(20)9-14(11)19)25(23,24)22-6-5-21-10-16(22)12-3-2-4-13(18)8-12;/h2-4,7-9,16,21H,5-6,10H2,1H3;1H. The highest BCUT2D eigenvalue weighted by molar-refractivity contribution is 7.89. The molecular formula is C17H18ClF3N2O2S. The highest BCUT2D eigenvalue weighted by Gasteiger charge is 2.36. The molecule has 1 heterocycles. The second kappa shape index (κ2) is 7.96. The number of rotatable bonds is 3. The van der Waals surface area contributed by atoms with E-state index in [0.717, 1.165) is 10.4 Å². The highest BCUT2D eigenvalue weighted by Crippen LogP contribution is 2.31. The first-order valence-electron chi connectivity index (χ1n) is 7.74. The quantitative estimate of drug-likeness (QED) is 0.851. The number of piperazine rings is 1. The molecule has 0 bridgehead atoms. The van der Waals surface area contributed by atoms with Gasteiger partial charge in [-0.2, -0.15) is 4.31 Å². The molecule has 1 unspecified atom stereocenters. The van der Waals surface area contributed by atoms with Crippen LogP contribution in [0.4, 0.5) is 13.2 Å². The molecule has 0 aromatic heterocycles. The Morgan fingerprint density at radius 3 is 2.54 bits per heavy atom. The van der Waals surface area contributed by atoms with Crippen LogP contribution in [0.5, 0.6) is 0 Å². The molecule has 0 spiro atoms. The molecule has 1 aliphatic heterocycles. The van der Waals surface area contributed by atoms with Gasteiger partial charge in [-0.05, 0) is 36.2 Å². The van der Waals surface area contributed by atoms with Crippen molar-refractivity contribution in [1.29, 1.82) is 0 Å². The molecule has 26 heavy (non-hydrogen) atoms. The molecule has 0 aliphatic carbocycles. The Hall–Kier alpha value is -1.61. The normalized spacial score (nSPS) is 18.4. The van der Waals surface area contributed by atoms with E-state index >= 15 is 0 Å². The molecule has 0 saturated carbocycles. The van der Waals surface area contributed by atoms with E-state index in [1.54, 1.807) is 6.07 Å². The smallest absolute Gasteiger partial charge is 0.246 e. The second-order valence-corrected chi connectivity index (χ2v) is 7.78. The van der Waals surface area contributed by atoms with Gasteiger partial charge in [0.25, 0.3) is 0 Å². The molecule has 1 N–H and O–H groups in total. The molecule has 0 radical (unpaired) electrons. The summed E-state index contributed by atoms with van der Waals surface area (Å²) in [5, 5.41) is 3.06. The predicted octanol–water partition coefficient (Wildman–Crippen LogP) is 3.17. The Labute approximate surface area is 156 Å². The van der Waals surface area contributed by atoms with E-state index < -0.39 is 38.4 Å². The first-order chi connectivity index (χ1) is 11.8. The van der Waals surface area contributed by atoms with E-state index in [2.05, 4.69) is 5.32 Å². The number of benzene rings is 2. The van der Waals surface area contributed by atoms with E-state index in [0.29, 0.717) is 18.2 Å². The molecule has 1 atom stereocenters. The van der Waals surface area contributed by atoms with Crippen molar-refractivity contribution >= 4 is 22.4 Å². The lowest BCUT2D eigenvalue weighted by Gasteiger charge is -2.35. The minimum atomic E-state index is -4.21. The zero-order valence-corrected chi connectivity index (χ0v) is 15.5. The Balaban J connectivity index is 0.00000243. The van der Waals surface area contributed by atoms with Crippen LogP contribution in [-0.4, -0.2) is 32.4 Å². The number of sulfonamides is 1. The van der Waals surface area contributed by atoms with Crippen LogP contribution in [0.1, 0.15) is 17.2 Å². The van der Waals surface area contributed by atoms with Crippen molar-refractivity contribution in [2.45, 2.75) is 17.9 Å². The number of hydrogen-bond donors (Lipinski definition) is 1. The molecule has 142 valence electrons. The van der Waals surface area contributed by atoms with Gasteiger partial charge in [-0.3, -0.25) is 0 Å². The van der Waals surface area contributed by atoms with Crippen molar-refractivity contribution in [3.05, 3.63) is 65.0 Å². The SMILES string of the molecule is Cc1cc(S(=O)(=O)N2CCNCC2c2cccc(F)c2)c(F)cc1F.Cl. The van der Waals surface area contributed by atoms with Gasteiger partial charge in [0.15, 0.2) is 0 Å². The Bertz CT molecular complexity index is 909. The van der Waals surface area contributed by atoms with E-state index in [1.807, 2.05) is 0 Å². The van der Waals surface area contributed by atoms with Crippen molar-refractivity contribution in [3.8, 4) is 0 Å². The topological polar surface area (TPSA) is 49.4 Å². The van der Waals surface area contributed by atoms with Crippen molar-refractivity contribution in [3.63, 3.8) is 0 Å². The van der Waals surface area contributed by atoms with Crippen molar-refractivity contribution in [2.24, 2.45) is 0 Å². The van der Waals surface area contributed by atoms with Crippen LogP contribution in [0.2, 0.25) is 0 Å². The third kappa shape index (κ3) is 3.88. The number of aryl methyl sites for hydroxylation is 1. The van der Waals surface area contributed by atoms with Crippen LogP contribution in [0, 0.1) is 24.4 Å². The fourth-order valence-electron chi connectivity index (χ4n) is 2.93. The molecule has 3 rings (SSSR count). The van der Waals surface area contributed by atoms with Crippen LogP contribution in [0.15, 0.2) is 41.3 Å². The Morgan fingerprint density at radius 2 is 1.85 bits per heavy atom. The molecule has 2 aromatic rings. The summed E-state index contributed by atoms with van der Waals surface area (Å²) >= 11 is 0. The number of hydrogen-bond acceptors (Lipinski definition) is 3. The zero-order chi connectivity index (χ0) is 18.2. The van der Waals surface area contributed by atoms with Gasteiger partial charge in [-0.15, -0.1) is 12.4 Å². The largest absolute Gasteiger partial charge is 0.313 e. The maximum absolute atomic E-state index is 14.2. The fourth-order valence-corrected chi connectivity index (χ4v) is 4.67. The maximum Gasteiger partial charge on any atom is 0.246 e. The minimum absolute atomic E-state index is 0. The fraction of sp³-hybridized carbons (Fsp3) is 0.294. The average Bonchev–Trinajstić information content (AvgIpc) is 2.58.